The van der Waals surface area contributed by atoms with Crippen molar-refractivity contribution in [2.75, 3.05) is 20.3 Å². The number of fused-ring (bicyclic) bond motifs is 2. The predicted octanol–water partition coefficient (Wildman–Crippen LogP) is 4.07. The van der Waals surface area contributed by atoms with Crippen LogP contribution in [0.5, 0.6) is 11.5 Å². The summed E-state index contributed by atoms with van der Waals surface area (Å²) in [4.78, 5) is 33.9. The van der Waals surface area contributed by atoms with E-state index in [4.69, 9.17) is 15.2 Å². The van der Waals surface area contributed by atoms with Gasteiger partial charge in [0, 0.05) is 28.3 Å². The number of ether oxygens (including phenoxy) is 2. The molecule has 1 unspecified atom stereocenters. The van der Waals surface area contributed by atoms with Crippen molar-refractivity contribution >= 4 is 22.7 Å². The second-order valence-electron chi connectivity index (χ2n) is 10.5. The number of halogens is 4. The summed E-state index contributed by atoms with van der Waals surface area (Å²) in [5.41, 5.74) is 0.497. The molecule has 2 aromatic carbocycles. The summed E-state index contributed by atoms with van der Waals surface area (Å²) in [7, 11) is 1.37. The number of nitrogens with two attached hydrogens (primary N) is 1. The van der Waals surface area contributed by atoms with Crippen molar-refractivity contribution < 1.29 is 41.7 Å². The van der Waals surface area contributed by atoms with Crippen LogP contribution in [0.1, 0.15) is 34.1 Å². The molecule has 2 atom stereocenters. The Morgan fingerprint density at radius 3 is 2.49 bits per heavy atom. The third kappa shape index (κ3) is 4.99. The first-order chi connectivity index (χ1) is 20.2. The number of hydrogen-bond acceptors (Lipinski definition) is 7. The number of hydrogen-bond donors (Lipinski definition) is 3. The lowest BCUT2D eigenvalue weighted by molar-refractivity contribution is -0.265. The molecule has 4 N–H and O–H groups in total. The van der Waals surface area contributed by atoms with E-state index >= 15 is 0 Å². The highest BCUT2D eigenvalue weighted by molar-refractivity contribution is 6.00. The fourth-order valence-electron chi connectivity index (χ4n) is 4.89. The number of amides is 2. The van der Waals surface area contributed by atoms with Gasteiger partial charge in [0.05, 0.1) is 19.3 Å². The van der Waals surface area contributed by atoms with E-state index in [0.29, 0.717) is 10.9 Å². The lowest BCUT2D eigenvalue weighted by Crippen LogP contribution is -2.51. The number of nitrogens with zero attached hydrogens (tertiary/aromatic N) is 2. The monoisotopic (exact) mass is 598 g/mol. The molecule has 0 saturated heterocycles. The van der Waals surface area contributed by atoms with Crippen LogP contribution in [-0.2, 0) is 15.8 Å². The number of methoxy groups -OCH3 is 1. The van der Waals surface area contributed by atoms with Gasteiger partial charge in [0.15, 0.2) is 0 Å². The van der Waals surface area contributed by atoms with Gasteiger partial charge in [-0.15, -0.1) is 0 Å². The molecule has 1 aliphatic rings. The summed E-state index contributed by atoms with van der Waals surface area (Å²) in [6.07, 6.45) is -3.80. The molecular formula is C30H26F4N4O5. The lowest BCUT2D eigenvalue weighted by Gasteiger charge is -2.31. The summed E-state index contributed by atoms with van der Waals surface area (Å²) < 4.78 is 68.7. The van der Waals surface area contributed by atoms with Crippen LogP contribution >= 0.6 is 0 Å². The maximum Gasteiger partial charge on any atom is 0.424 e. The number of pyridine rings is 2. The van der Waals surface area contributed by atoms with E-state index in [0.717, 1.165) is 23.8 Å². The smallest absolute Gasteiger partial charge is 0.424 e. The first-order valence-corrected chi connectivity index (χ1v) is 12.9. The number of rotatable bonds is 7. The predicted molar refractivity (Wildman–Crippen MR) is 147 cm³/mol. The zero-order valence-corrected chi connectivity index (χ0v) is 23.2. The van der Waals surface area contributed by atoms with E-state index in [2.05, 4.69) is 15.3 Å². The second-order valence-corrected chi connectivity index (χ2v) is 10.5. The van der Waals surface area contributed by atoms with Crippen LogP contribution in [0.4, 0.5) is 17.6 Å². The quantitative estimate of drug-likeness (QED) is 0.273. The Morgan fingerprint density at radius 2 is 1.86 bits per heavy atom. The van der Waals surface area contributed by atoms with Crippen molar-refractivity contribution in [3.8, 4) is 22.8 Å². The third-order valence-electron chi connectivity index (χ3n) is 7.64. The van der Waals surface area contributed by atoms with Crippen LogP contribution in [0.3, 0.4) is 0 Å². The minimum Gasteiger partial charge on any atom is -0.494 e. The zero-order valence-electron chi connectivity index (χ0n) is 23.2. The van der Waals surface area contributed by atoms with E-state index in [1.165, 1.54) is 38.3 Å². The van der Waals surface area contributed by atoms with Gasteiger partial charge >= 0.3 is 6.18 Å². The summed E-state index contributed by atoms with van der Waals surface area (Å²) in [6, 6.07) is 10.1. The molecule has 0 radical (unpaired) electrons. The zero-order chi connectivity index (χ0) is 31.3. The third-order valence-corrected chi connectivity index (χ3v) is 7.64. The van der Waals surface area contributed by atoms with Crippen LogP contribution < -0.4 is 20.5 Å². The number of carbonyl (C=O) groups excluding carboxylic acids is 2. The summed E-state index contributed by atoms with van der Waals surface area (Å²) in [5, 5.41) is 13.9. The Balaban J connectivity index is 1.60. The Bertz CT molecular complexity index is 1760. The molecule has 1 aliphatic heterocycles. The molecule has 2 aromatic heterocycles. The SMILES string of the molecule is COc1cc(C(=O)NCC(O)(c2cc3c(c(-c4ccc(F)cc4)n2)OC[C@]3(C)C(N)=O)C(F)(F)F)cc2c(C)ccnc12. The molecule has 5 rings (SSSR count). The Morgan fingerprint density at radius 1 is 1.16 bits per heavy atom. The molecule has 0 saturated carbocycles. The van der Waals surface area contributed by atoms with E-state index < -0.39 is 47.1 Å². The van der Waals surface area contributed by atoms with Crippen molar-refractivity contribution in [3.63, 3.8) is 0 Å². The van der Waals surface area contributed by atoms with Crippen molar-refractivity contribution in [1.82, 2.24) is 15.3 Å². The molecular weight excluding hydrogens is 572 g/mol. The molecule has 13 heteroatoms. The van der Waals surface area contributed by atoms with Gasteiger partial charge in [-0.25, -0.2) is 9.37 Å². The van der Waals surface area contributed by atoms with Gasteiger partial charge in [0.1, 0.15) is 40.5 Å². The molecule has 3 heterocycles. The van der Waals surface area contributed by atoms with E-state index in [1.54, 1.807) is 19.2 Å². The highest BCUT2D eigenvalue weighted by Crippen LogP contribution is 2.47. The fourth-order valence-corrected chi connectivity index (χ4v) is 4.89. The molecule has 2 amide bonds. The van der Waals surface area contributed by atoms with Gasteiger partial charge in [0.2, 0.25) is 11.5 Å². The maximum atomic E-state index is 14.7. The van der Waals surface area contributed by atoms with Crippen LogP contribution in [0.15, 0.2) is 54.7 Å². The van der Waals surface area contributed by atoms with Gasteiger partial charge in [-0.2, -0.15) is 13.2 Å². The van der Waals surface area contributed by atoms with Crippen molar-refractivity contribution in [1.29, 1.82) is 0 Å². The highest BCUT2D eigenvalue weighted by atomic mass is 19.4. The standard InChI is InChI=1S/C30H26F4N4O5/c1-15-8-9-36-24-19(15)10-17(11-21(24)42-3)26(39)37-13-29(41,30(32,33)34)22-12-20-25(43-14-28(20,2)27(35)40)23(38-22)16-4-6-18(31)7-5-16/h4-12,41H,13-14H2,1-3H3,(H2,35,40)(H,37,39)/t28-,29?/m0/s1. The molecule has 9 nitrogen and oxygen atoms in total. The van der Waals surface area contributed by atoms with Crippen LogP contribution in [-0.4, -0.2) is 53.3 Å². The topological polar surface area (TPSA) is 137 Å². The second kappa shape index (κ2) is 10.5. The van der Waals surface area contributed by atoms with Crippen molar-refractivity contribution in [2.24, 2.45) is 5.73 Å². The summed E-state index contributed by atoms with van der Waals surface area (Å²) in [6.45, 7) is 1.52. The number of alkyl halides is 3. The maximum absolute atomic E-state index is 14.7. The number of benzene rings is 2. The molecule has 0 bridgehead atoms. The van der Waals surface area contributed by atoms with Crippen molar-refractivity contribution in [3.05, 3.63) is 82.9 Å². The Kier molecular flexibility index (Phi) is 7.25. The Labute approximate surface area is 242 Å². The van der Waals surface area contributed by atoms with Gasteiger partial charge in [-0.1, -0.05) is 0 Å². The van der Waals surface area contributed by atoms with Crippen molar-refractivity contribution in [2.45, 2.75) is 31.0 Å². The number of aryl methyl sites for hydroxylation is 1. The molecule has 4 aromatic rings. The number of nitrogens with one attached hydrogen (secondary N) is 1. The first-order valence-electron chi connectivity index (χ1n) is 12.9. The van der Waals surface area contributed by atoms with Gasteiger partial charge in [-0.05, 0) is 67.9 Å². The van der Waals surface area contributed by atoms with Crippen LogP contribution in [0.2, 0.25) is 0 Å². The number of aromatic nitrogens is 2. The number of aliphatic hydroxyl groups is 1. The number of primary amides is 1. The normalized spacial score (nSPS) is 17.6. The molecule has 0 spiro atoms. The minimum absolute atomic E-state index is 0.0301. The molecule has 43 heavy (non-hydrogen) atoms. The molecule has 0 fully saturated rings. The number of carbonyl (C=O) groups is 2. The molecule has 224 valence electrons. The van der Waals surface area contributed by atoms with Gasteiger partial charge < -0.3 is 25.6 Å². The van der Waals surface area contributed by atoms with E-state index in [1.807, 2.05) is 0 Å². The molecule has 0 aliphatic carbocycles. The lowest BCUT2D eigenvalue weighted by atomic mass is 9.81. The largest absolute Gasteiger partial charge is 0.494 e. The van der Waals surface area contributed by atoms with Gasteiger partial charge in [0.25, 0.3) is 5.91 Å². The summed E-state index contributed by atoms with van der Waals surface area (Å²) in [5.74, 6) is -2.22. The average molecular weight is 599 g/mol. The van der Waals surface area contributed by atoms with Crippen LogP contribution in [0.25, 0.3) is 22.2 Å². The van der Waals surface area contributed by atoms with E-state index in [-0.39, 0.29) is 40.5 Å². The average Bonchev–Trinajstić information content (AvgIpc) is 3.32. The fraction of sp³-hybridized carbons (Fsp3) is 0.267. The highest BCUT2D eigenvalue weighted by Gasteiger charge is 2.57. The van der Waals surface area contributed by atoms with Gasteiger partial charge in [-0.3, -0.25) is 14.6 Å². The minimum atomic E-state index is -5.36. The van der Waals surface area contributed by atoms with Crippen LogP contribution in [0, 0.1) is 12.7 Å². The Hall–Kier alpha value is -4.78. The first kappa shape index (κ1) is 29.7. The van der Waals surface area contributed by atoms with E-state index in [9.17, 15) is 32.3 Å². The summed E-state index contributed by atoms with van der Waals surface area (Å²) >= 11 is 0.